The minimum atomic E-state index is -0.548. The first kappa shape index (κ1) is 15.5. The molecule has 0 unspecified atom stereocenters. The van der Waals surface area contributed by atoms with Crippen molar-refractivity contribution in [2.75, 3.05) is 5.73 Å². The average molecular weight is 351 g/mol. The minimum Gasteiger partial charge on any atom is -0.396 e. The number of nitrogens with one attached hydrogen (secondary N) is 1. The van der Waals surface area contributed by atoms with E-state index in [1.165, 1.54) is 17.7 Å². The van der Waals surface area contributed by atoms with E-state index >= 15 is 0 Å². The van der Waals surface area contributed by atoms with Crippen LogP contribution < -0.4 is 11.1 Å². The number of aryl methyl sites for hydroxylation is 1. The molecule has 0 atom stereocenters. The molecule has 0 bridgehead atoms. The van der Waals surface area contributed by atoms with Crippen LogP contribution in [0.4, 0.5) is 10.1 Å². The Hall–Kier alpha value is -1.88. The van der Waals surface area contributed by atoms with Crippen LogP contribution >= 0.6 is 15.9 Å². The van der Waals surface area contributed by atoms with Gasteiger partial charge in [-0.2, -0.15) is 0 Å². The first-order valence-corrected chi connectivity index (χ1v) is 7.41. The zero-order valence-electron chi connectivity index (χ0n) is 11.6. The normalized spacial score (nSPS) is 10.4. The fraction of sp³-hybridized carbons (Fsp3) is 0.188. The highest BCUT2D eigenvalue weighted by Gasteiger charge is 2.13. The summed E-state index contributed by atoms with van der Waals surface area (Å²) in [7, 11) is 0. The topological polar surface area (TPSA) is 55.1 Å². The first-order valence-electron chi connectivity index (χ1n) is 6.61. The molecule has 2 aromatic rings. The SMILES string of the molecule is CCc1ccc(CNC(=O)c2cc(N)c(F)cc2Br)cc1. The van der Waals surface area contributed by atoms with E-state index < -0.39 is 5.82 Å². The summed E-state index contributed by atoms with van der Waals surface area (Å²) in [6, 6.07) is 10.6. The van der Waals surface area contributed by atoms with Crippen LogP contribution in [-0.2, 0) is 13.0 Å². The van der Waals surface area contributed by atoms with Crippen molar-refractivity contribution in [1.82, 2.24) is 5.32 Å². The fourth-order valence-electron chi connectivity index (χ4n) is 1.91. The largest absolute Gasteiger partial charge is 0.396 e. The Balaban J connectivity index is 2.06. The highest BCUT2D eigenvalue weighted by molar-refractivity contribution is 9.10. The minimum absolute atomic E-state index is 0.0457. The Morgan fingerprint density at radius 1 is 1.24 bits per heavy atom. The number of halogens is 2. The van der Waals surface area contributed by atoms with E-state index in [4.69, 9.17) is 5.73 Å². The van der Waals surface area contributed by atoms with Gasteiger partial charge in [0.2, 0.25) is 0 Å². The Morgan fingerprint density at radius 3 is 2.48 bits per heavy atom. The van der Waals surface area contributed by atoms with Gasteiger partial charge in [0.1, 0.15) is 5.82 Å². The van der Waals surface area contributed by atoms with Crippen LogP contribution in [-0.4, -0.2) is 5.91 Å². The van der Waals surface area contributed by atoms with Crippen molar-refractivity contribution < 1.29 is 9.18 Å². The van der Waals surface area contributed by atoms with Crippen LogP contribution in [0.25, 0.3) is 0 Å². The van der Waals surface area contributed by atoms with Crippen LogP contribution in [0.2, 0.25) is 0 Å². The lowest BCUT2D eigenvalue weighted by molar-refractivity contribution is 0.0950. The van der Waals surface area contributed by atoms with Crippen LogP contribution in [0.3, 0.4) is 0 Å². The van der Waals surface area contributed by atoms with E-state index in [-0.39, 0.29) is 11.6 Å². The molecule has 0 radical (unpaired) electrons. The summed E-state index contributed by atoms with van der Waals surface area (Å²) < 4.78 is 13.6. The standard InChI is InChI=1S/C16H16BrFN2O/c1-2-10-3-5-11(6-4-10)9-20-16(21)12-7-15(19)14(18)8-13(12)17/h3-8H,2,9,19H2,1H3,(H,20,21). The number of nitrogens with two attached hydrogens (primary N) is 1. The second-order valence-corrected chi connectivity index (χ2v) is 5.56. The smallest absolute Gasteiger partial charge is 0.252 e. The third-order valence-corrected chi connectivity index (χ3v) is 3.87. The van der Waals surface area contributed by atoms with Crippen molar-refractivity contribution >= 4 is 27.5 Å². The van der Waals surface area contributed by atoms with E-state index in [1.807, 2.05) is 24.3 Å². The molecule has 2 rings (SSSR count). The number of carbonyl (C=O) groups is 1. The highest BCUT2D eigenvalue weighted by Crippen LogP contribution is 2.22. The lowest BCUT2D eigenvalue weighted by atomic mass is 10.1. The molecule has 0 saturated heterocycles. The maximum Gasteiger partial charge on any atom is 0.252 e. The predicted molar refractivity (Wildman–Crippen MR) is 85.5 cm³/mol. The number of anilines is 1. The molecule has 3 N–H and O–H groups in total. The number of carbonyl (C=O) groups excluding carboxylic acids is 1. The second-order valence-electron chi connectivity index (χ2n) is 4.71. The average Bonchev–Trinajstić information content (AvgIpc) is 2.49. The van der Waals surface area contributed by atoms with Crippen molar-refractivity contribution in [2.24, 2.45) is 0 Å². The molecule has 0 aliphatic heterocycles. The molecule has 3 nitrogen and oxygen atoms in total. The monoisotopic (exact) mass is 350 g/mol. The lowest BCUT2D eigenvalue weighted by Crippen LogP contribution is -2.23. The molecular formula is C16H16BrFN2O. The Morgan fingerprint density at radius 2 is 1.86 bits per heavy atom. The van der Waals surface area contributed by atoms with Gasteiger partial charge in [-0.3, -0.25) is 4.79 Å². The van der Waals surface area contributed by atoms with E-state index in [0.717, 1.165) is 12.0 Å². The summed E-state index contributed by atoms with van der Waals surface area (Å²) in [5, 5.41) is 2.79. The van der Waals surface area contributed by atoms with E-state index in [9.17, 15) is 9.18 Å². The van der Waals surface area contributed by atoms with Gasteiger partial charge in [0.05, 0.1) is 11.3 Å². The predicted octanol–water partition coefficient (Wildman–Crippen LogP) is 3.66. The molecule has 0 aliphatic carbocycles. The zero-order chi connectivity index (χ0) is 15.4. The summed E-state index contributed by atoms with van der Waals surface area (Å²) in [4.78, 5) is 12.1. The number of amides is 1. The van der Waals surface area contributed by atoms with Crippen molar-refractivity contribution in [1.29, 1.82) is 0 Å². The summed E-state index contributed by atoms with van der Waals surface area (Å²) in [5.74, 6) is -0.846. The number of rotatable bonds is 4. The highest BCUT2D eigenvalue weighted by atomic mass is 79.9. The molecular weight excluding hydrogens is 335 g/mol. The maximum atomic E-state index is 13.3. The molecule has 1 amide bonds. The van der Waals surface area contributed by atoms with Gasteiger partial charge in [-0.25, -0.2) is 4.39 Å². The van der Waals surface area contributed by atoms with E-state index in [1.54, 1.807) is 0 Å². The summed E-state index contributed by atoms with van der Waals surface area (Å²) in [5.41, 5.74) is 8.02. The molecule has 0 fully saturated rings. The van der Waals surface area contributed by atoms with Crippen molar-refractivity contribution in [2.45, 2.75) is 19.9 Å². The third-order valence-electron chi connectivity index (χ3n) is 3.22. The van der Waals surface area contributed by atoms with Crippen LogP contribution in [0.1, 0.15) is 28.4 Å². The molecule has 0 aliphatic rings. The van der Waals surface area contributed by atoms with Crippen molar-refractivity contribution in [3.63, 3.8) is 0 Å². The Kier molecular flexibility index (Phi) is 4.96. The molecule has 5 heteroatoms. The molecule has 110 valence electrons. The fourth-order valence-corrected chi connectivity index (χ4v) is 2.41. The molecule has 0 saturated carbocycles. The Labute approximate surface area is 131 Å². The number of benzene rings is 2. The molecule has 0 heterocycles. The quantitative estimate of drug-likeness (QED) is 0.826. The first-order chi connectivity index (χ1) is 10.0. The van der Waals surface area contributed by atoms with Gasteiger partial charge < -0.3 is 11.1 Å². The number of hydrogen-bond acceptors (Lipinski definition) is 2. The third kappa shape index (κ3) is 3.82. The van der Waals surface area contributed by atoms with Gasteiger partial charge in [0.15, 0.2) is 0 Å². The van der Waals surface area contributed by atoms with Gasteiger partial charge >= 0.3 is 0 Å². The van der Waals surface area contributed by atoms with Crippen molar-refractivity contribution in [3.8, 4) is 0 Å². The van der Waals surface area contributed by atoms with Gasteiger partial charge in [-0.15, -0.1) is 0 Å². The maximum absolute atomic E-state index is 13.3. The van der Waals surface area contributed by atoms with Gasteiger partial charge in [-0.05, 0) is 45.6 Å². The molecule has 0 spiro atoms. The lowest BCUT2D eigenvalue weighted by Gasteiger charge is -2.09. The summed E-state index contributed by atoms with van der Waals surface area (Å²) in [6.07, 6.45) is 0.981. The second kappa shape index (κ2) is 6.72. The molecule has 21 heavy (non-hydrogen) atoms. The van der Waals surface area contributed by atoms with Crippen molar-refractivity contribution in [3.05, 3.63) is 63.4 Å². The summed E-state index contributed by atoms with van der Waals surface area (Å²) in [6.45, 7) is 2.50. The Bertz CT molecular complexity index is 656. The van der Waals surface area contributed by atoms with Gasteiger partial charge in [-0.1, -0.05) is 31.2 Å². The van der Waals surface area contributed by atoms with E-state index in [0.29, 0.717) is 16.6 Å². The molecule has 0 aromatic heterocycles. The summed E-state index contributed by atoms with van der Waals surface area (Å²) >= 11 is 3.17. The van der Waals surface area contributed by atoms with Crippen LogP contribution in [0, 0.1) is 5.82 Å². The van der Waals surface area contributed by atoms with Crippen LogP contribution in [0.15, 0.2) is 40.9 Å². The zero-order valence-corrected chi connectivity index (χ0v) is 13.2. The van der Waals surface area contributed by atoms with Crippen LogP contribution in [0.5, 0.6) is 0 Å². The van der Waals surface area contributed by atoms with E-state index in [2.05, 4.69) is 28.2 Å². The number of hydrogen-bond donors (Lipinski definition) is 2. The van der Waals surface area contributed by atoms with Gasteiger partial charge in [0.25, 0.3) is 5.91 Å². The van der Waals surface area contributed by atoms with Gasteiger partial charge in [0, 0.05) is 11.0 Å². The number of nitrogen functional groups attached to an aromatic ring is 1. The molecule has 2 aromatic carbocycles.